The van der Waals surface area contributed by atoms with E-state index < -0.39 is 0 Å². The number of imidazole rings is 1. The lowest BCUT2D eigenvalue weighted by molar-refractivity contribution is 0.492. The molecule has 6 N–H and O–H groups in total. The highest BCUT2D eigenvalue weighted by molar-refractivity contribution is 5.98. The highest BCUT2D eigenvalue weighted by atomic mass is 35.5. The fourth-order valence-electron chi connectivity index (χ4n) is 3.93. The van der Waals surface area contributed by atoms with Crippen LogP contribution < -0.4 is 21.9 Å². The first-order chi connectivity index (χ1) is 12.7. The molecule has 1 aliphatic rings. The van der Waals surface area contributed by atoms with Crippen LogP contribution in [0.5, 0.6) is 0 Å². The molecule has 0 unspecified atom stereocenters. The predicted molar refractivity (Wildman–Crippen MR) is 126 cm³/mol. The predicted octanol–water partition coefficient (Wildman–Crippen LogP) is 3.01. The maximum Gasteiger partial charge on any atom is 0.260 e. The molecule has 162 valence electrons. The summed E-state index contributed by atoms with van der Waals surface area (Å²) in [5.74, 6) is 1.59. The van der Waals surface area contributed by atoms with E-state index in [0.29, 0.717) is 16.9 Å². The lowest BCUT2D eigenvalue weighted by Gasteiger charge is -2.11. The Balaban J connectivity index is 0.00000140. The molecule has 3 aromatic rings. The van der Waals surface area contributed by atoms with Crippen molar-refractivity contribution in [2.75, 3.05) is 31.2 Å². The Morgan fingerprint density at radius 1 is 1.14 bits per heavy atom. The van der Waals surface area contributed by atoms with Gasteiger partial charge in [0.05, 0.1) is 21.9 Å². The van der Waals surface area contributed by atoms with Gasteiger partial charge in [-0.15, -0.1) is 37.2 Å². The summed E-state index contributed by atoms with van der Waals surface area (Å²) in [7, 11) is 1.81. The van der Waals surface area contributed by atoms with Crippen molar-refractivity contribution in [2.24, 2.45) is 5.92 Å². The van der Waals surface area contributed by atoms with Crippen molar-refractivity contribution < 1.29 is 0 Å². The Labute approximate surface area is 187 Å². The number of rotatable bonds is 6. The molecular weight excluding hydrogens is 437 g/mol. The van der Waals surface area contributed by atoms with Crippen LogP contribution in [0.25, 0.3) is 21.9 Å². The van der Waals surface area contributed by atoms with Gasteiger partial charge in [-0.05, 0) is 44.3 Å². The molecular formula is C18H28Cl3N7O. The summed E-state index contributed by atoms with van der Waals surface area (Å²) >= 11 is 0. The van der Waals surface area contributed by atoms with Gasteiger partial charge in [0.2, 0.25) is 11.9 Å². The van der Waals surface area contributed by atoms with E-state index in [0.717, 1.165) is 42.0 Å². The minimum Gasteiger partial charge on any atom is -0.369 e. The number of fused-ring (bicyclic) bond motifs is 2. The third-order valence-corrected chi connectivity index (χ3v) is 5.26. The average Bonchev–Trinajstić information content (AvgIpc) is 3.27. The molecule has 8 nitrogen and oxygen atoms in total. The zero-order valence-electron chi connectivity index (χ0n) is 16.2. The van der Waals surface area contributed by atoms with Crippen molar-refractivity contribution in [3.05, 3.63) is 22.0 Å². The van der Waals surface area contributed by atoms with Crippen LogP contribution in [0.4, 0.5) is 11.9 Å². The van der Waals surface area contributed by atoms with E-state index in [2.05, 4.69) is 30.6 Å². The maximum absolute atomic E-state index is 12.3. The Bertz CT molecular complexity index is 998. The number of aromatic amines is 2. The first kappa shape index (κ1) is 25.3. The van der Waals surface area contributed by atoms with Gasteiger partial charge < -0.3 is 21.4 Å². The lowest BCUT2D eigenvalue weighted by atomic mass is 10.0. The van der Waals surface area contributed by atoms with Gasteiger partial charge >= 0.3 is 0 Å². The molecule has 4 rings (SSSR count). The lowest BCUT2D eigenvalue weighted by Crippen LogP contribution is -2.24. The number of nitrogen functional groups attached to an aromatic ring is 1. The van der Waals surface area contributed by atoms with E-state index in [1.807, 2.05) is 7.05 Å². The van der Waals surface area contributed by atoms with Crippen LogP contribution >= 0.6 is 37.2 Å². The second kappa shape index (κ2) is 10.9. The molecule has 1 fully saturated rings. The number of nitrogens with two attached hydrogens (primary N) is 1. The van der Waals surface area contributed by atoms with Crippen LogP contribution in [0.3, 0.4) is 0 Å². The first-order valence-electron chi connectivity index (χ1n) is 9.25. The monoisotopic (exact) mass is 463 g/mol. The van der Waals surface area contributed by atoms with E-state index >= 15 is 0 Å². The number of nitrogens with zero attached hydrogens (tertiary/aromatic N) is 2. The highest BCUT2D eigenvalue weighted by Gasteiger charge is 2.17. The van der Waals surface area contributed by atoms with Gasteiger partial charge in [0, 0.05) is 12.6 Å². The number of aromatic nitrogens is 4. The van der Waals surface area contributed by atoms with E-state index in [-0.39, 0.29) is 48.7 Å². The molecule has 1 aliphatic carbocycles. The van der Waals surface area contributed by atoms with Gasteiger partial charge in [0.1, 0.15) is 0 Å². The second-order valence-corrected chi connectivity index (χ2v) is 7.04. The van der Waals surface area contributed by atoms with Crippen molar-refractivity contribution in [1.29, 1.82) is 0 Å². The van der Waals surface area contributed by atoms with Crippen LogP contribution in [0, 0.1) is 5.92 Å². The summed E-state index contributed by atoms with van der Waals surface area (Å²) < 4.78 is 0. The molecule has 2 aromatic heterocycles. The molecule has 0 atom stereocenters. The highest BCUT2D eigenvalue weighted by Crippen LogP contribution is 2.26. The number of hydrogen-bond acceptors (Lipinski definition) is 6. The maximum atomic E-state index is 12.3. The molecule has 1 saturated carbocycles. The van der Waals surface area contributed by atoms with Crippen LogP contribution in [-0.2, 0) is 6.42 Å². The summed E-state index contributed by atoms with van der Waals surface area (Å²) in [4.78, 5) is 27.1. The van der Waals surface area contributed by atoms with Gasteiger partial charge in [-0.25, -0.2) is 9.97 Å². The number of benzene rings is 1. The number of H-pyrrole nitrogens is 2. The molecule has 29 heavy (non-hydrogen) atoms. The van der Waals surface area contributed by atoms with Crippen molar-refractivity contribution in [2.45, 2.75) is 32.1 Å². The summed E-state index contributed by atoms with van der Waals surface area (Å²) in [6, 6.07) is 1.79. The second-order valence-electron chi connectivity index (χ2n) is 7.04. The molecule has 0 spiro atoms. The number of halogens is 3. The van der Waals surface area contributed by atoms with Crippen LogP contribution in [0.2, 0.25) is 0 Å². The Hall–Kier alpha value is -1.74. The fourth-order valence-corrected chi connectivity index (χ4v) is 3.93. The van der Waals surface area contributed by atoms with Gasteiger partial charge in [-0.3, -0.25) is 9.78 Å². The first-order valence-corrected chi connectivity index (χ1v) is 9.25. The van der Waals surface area contributed by atoms with Crippen molar-refractivity contribution >= 4 is 71.1 Å². The molecule has 0 bridgehead atoms. The van der Waals surface area contributed by atoms with Crippen LogP contribution in [-0.4, -0.2) is 40.1 Å². The summed E-state index contributed by atoms with van der Waals surface area (Å²) in [6.45, 7) is 1.87. The number of nitrogens with one attached hydrogen (secondary N) is 4. The van der Waals surface area contributed by atoms with Gasteiger partial charge in [0.25, 0.3) is 5.56 Å². The van der Waals surface area contributed by atoms with Gasteiger partial charge in [0.15, 0.2) is 0 Å². The Morgan fingerprint density at radius 3 is 2.55 bits per heavy atom. The van der Waals surface area contributed by atoms with E-state index in [1.54, 1.807) is 6.07 Å². The molecule has 0 aliphatic heterocycles. The number of anilines is 2. The van der Waals surface area contributed by atoms with Crippen molar-refractivity contribution in [1.82, 2.24) is 25.3 Å². The summed E-state index contributed by atoms with van der Waals surface area (Å²) in [6.07, 6.45) is 6.09. The SMILES string of the molecule is CNc1nc2c(CCNCC3CCCC3)c3nc(N)[nH]c(=O)c3cc2[nH]1.Cl.Cl.Cl. The smallest absolute Gasteiger partial charge is 0.260 e. The molecule has 0 saturated heterocycles. The Kier molecular flexibility index (Phi) is 9.48. The fraction of sp³-hybridized carbons (Fsp3) is 0.500. The third kappa shape index (κ3) is 5.25. The quantitative estimate of drug-likeness (QED) is 0.357. The van der Waals surface area contributed by atoms with Crippen molar-refractivity contribution in [3.8, 4) is 0 Å². The molecule has 0 amide bonds. The normalized spacial score (nSPS) is 13.7. The van der Waals surface area contributed by atoms with E-state index in [4.69, 9.17) is 5.73 Å². The minimum absolute atomic E-state index is 0. The zero-order valence-corrected chi connectivity index (χ0v) is 18.7. The summed E-state index contributed by atoms with van der Waals surface area (Å²) in [5, 5.41) is 7.10. The van der Waals surface area contributed by atoms with E-state index in [9.17, 15) is 4.79 Å². The standard InChI is InChI=1S/C18H25N7O.3ClH/c1-20-18-22-13-8-12-14(23-17(19)25-16(12)26)11(15(13)24-18)6-7-21-9-10-4-2-3-5-10;;;/h8,10,21H,2-7,9H2,1H3,(H2,20,22,24)(H3,19,23,25,26);3*1H. The average molecular weight is 465 g/mol. The largest absolute Gasteiger partial charge is 0.369 e. The van der Waals surface area contributed by atoms with E-state index in [1.165, 1.54) is 25.7 Å². The van der Waals surface area contributed by atoms with Crippen LogP contribution in [0.15, 0.2) is 10.9 Å². The minimum atomic E-state index is -0.227. The molecule has 0 radical (unpaired) electrons. The third-order valence-electron chi connectivity index (χ3n) is 5.26. The summed E-state index contributed by atoms with van der Waals surface area (Å²) in [5.41, 5.74) is 8.80. The van der Waals surface area contributed by atoms with Crippen molar-refractivity contribution in [3.63, 3.8) is 0 Å². The molecule has 2 heterocycles. The molecule has 11 heteroatoms. The van der Waals surface area contributed by atoms with Crippen LogP contribution in [0.1, 0.15) is 31.2 Å². The number of hydrogen-bond donors (Lipinski definition) is 5. The zero-order chi connectivity index (χ0) is 18.1. The van der Waals surface area contributed by atoms with Gasteiger partial charge in [-0.2, -0.15) is 0 Å². The topological polar surface area (TPSA) is 125 Å². The molecule has 1 aromatic carbocycles. The van der Waals surface area contributed by atoms with Gasteiger partial charge in [-0.1, -0.05) is 12.8 Å². The Morgan fingerprint density at radius 2 is 1.86 bits per heavy atom.